The Morgan fingerprint density at radius 2 is 1.72 bits per heavy atom. The van der Waals surface area contributed by atoms with Gasteiger partial charge in [-0.25, -0.2) is 9.78 Å². The van der Waals surface area contributed by atoms with Crippen LogP contribution >= 0.6 is 0 Å². The van der Waals surface area contributed by atoms with E-state index in [9.17, 15) is 31.1 Å². The van der Waals surface area contributed by atoms with E-state index in [-0.39, 0.29) is 11.1 Å². The number of pyridine rings is 1. The number of esters is 1. The molecule has 0 fully saturated rings. The van der Waals surface area contributed by atoms with E-state index in [2.05, 4.69) is 14.5 Å². The molecule has 1 aromatic heterocycles. The summed E-state index contributed by atoms with van der Waals surface area (Å²) in [5.41, 5.74) is -3.00. The van der Waals surface area contributed by atoms with Crippen LogP contribution in [0.25, 0.3) is 11.1 Å². The molecule has 0 spiro atoms. The fourth-order valence-corrected chi connectivity index (χ4v) is 2.01. The Balaban J connectivity index is 2.60. The average Bonchev–Trinajstić information content (AvgIpc) is 2.52. The topological polar surface area (TPSA) is 48.4 Å². The summed E-state index contributed by atoms with van der Waals surface area (Å²) in [5.74, 6) is -2.02. The molecule has 0 aliphatic heterocycles. The summed E-state index contributed by atoms with van der Waals surface area (Å²) in [4.78, 5) is 14.8. The lowest BCUT2D eigenvalue weighted by atomic mass is 10.0. The number of rotatable bonds is 3. The van der Waals surface area contributed by atoms with Gasteiger partial charge in [-0.3, -0.25) is 0 Å². The van der Waals surface area contributed by atoms with Crippen LogP contribution < -0.4 is 4.74 Å². The molecular formula is C15H9F6NO3. The summed E-state index contributed by atoms with van der Waals surface area (Å²) < 4.78 is 84.8. The third-order valence-corrected chi connectivity index (χ3v) is 3.00. The van der Waals surface area contributed by atoms with Crippen LogP contribution in [0.15, 0.2) is 36.5 Å². The molecule has 10 heteroatoms. The second-order valence-electron chi connectivity index (χ2n) is 4.65. The number of carbonyl (C=O) groups excluding carboxylic acids is 1. The van der Waals surface area contributed by atoms with Crippen molar-refractivity contribution in [3.63, 3.8) is 0 Å². The minimum atomic E-state index is -5.03. The maximum Gasteiger partial charge on any atom is 0.573 e. The van der Waals surface area contributed by atoms with Crippen LogP contribution in [0.1, 0.15) is 16.1 Å². The van der Waals surface area contributed by atoms with Crippen molar-refractivity contribution >= 4 is 5.97 Å². The fraction of sp³-hybridized carbons (Fsp3) is 0.200. The molecule has 0 N–H and O–H groups in total. The van der Waals surface area contributed by atoms with Gasteiger partial charge in [-0.1, -0.05) is 18.2 Å². The molecular weight excluding hydrogens is 356 g/mol. The third kappa shape index (κ3) is 4.40. The molecule has 0 aliphatic rings. The number of ether oxygens (including phenoxy) is 2. The molecule has 2 aromatic rings. The fourth-order valence-electron chi connectivity index (χ4n) is 2.01. The maximum atomic E-state index is 13.2. The first-order valence-electron chi connectivity index (χ1n) is 6.53. The summed E-state index contributed by atoms with van der Waals surface area (Å²) in [5, 5.41) is 0. The number of alkyl halides is 6. The molecule has 0 aliphatic carbocycles. The molecule has 1 heterocycles. The molecule has 0 saturated heterocycles. The van der Waals surface area contributed by atoms with E-state index in [0.717, 1.165) is 25.4 Å². The lowest BCUT2D eigenvalue weighted by Crippen LogP contribution is -2.18. The van der Waals surface area contributed by atoms with Gasteiger partial charge in [0.2, 0.25) is 0 Å². The molecule has 1 aromatic carbocycles. The van der Waals surface area contributed by atoms with Crippen molar-refractivity contribution in [3.05, 3.63) is 47.8 Å². The Kier molecular flexibility index (Phi) is 4.91. The highest BCUT2D eigenvalue weighted by molar-refractivity contribution is 5.90. The van der Waals surface area contributed by atoms with Crippen LogP contribution in [-0.4, -0.2) is 24.4 Å². The molecule has 0 atom stereocenters. The second-order valence-corrected chi connectivity index (χ2v) is 4.65. The Labute approximate surface area is 137 Å². The first-order chi connectivity index (χ1) is 11.5. The van der Waals surface area contributed by atoms with Gasteiger partial charge in [0.05, 0.1) is 12.7 Å². The zero-order valence-corrected chi connectivity index (χ0v) is 12.4. The van der Waals surface area contributed by atoms with E-state index in [1.165, 1.54) is 12.1 Å². The number of methoxy groups -OCH3 is 1. The summed E-state index contributed by atoms with van der Waals surface area (Å²) in [7, 11) is 0.880. The van der Waals surface area contributed by atoms with Crippen LogP contribution in [0, 0.1) is 0 Å². The molecule has 134 valence electrons. The first kappa shape index (κ1) is 18.6. The second kappa shape index (κ2) is 6.61. The van der Waals surface area contributed by atoms with Gasteiger partial charge in [0.1, 0.15) is 5.75 Å². The largest absolute Gasteiger partial charge is 0.573 e. The van der Waals surface area contributed by atoms with Crippen molar-refractivity contribution in [1.29, 1.82) is 0 Å². The Morgan fingerprint density at radius 1 is 1.08 bits per heavy atom. The summed E-state index contributed by atoms with van der Waals surface area (Å²) in [6.07, 6.45) is -9.16. The maximum absolute atomic E-state index is 13.2. The molecule has 2 rings (SSSR count). The van der Waals surface area contributed by atoms with E-state index in [1.807, 2.05) is 0 Å². The average molecular weight is 365 g/mol. The highest BCUT2D eigenvalue weighted by Gasteiger charge is 2.37. The third-order valence-electron chi connectivity index (χ3n) is 3.00. The molecule has 0 bridgehead atoms. The minimum Gasteiger partial charge on any atom is -0.464 e. The predicted molar refractivity (Wildman–Crippen MR) is 72.7 cm³/mol. The number of benzene rings is 1. The highest BCUT2D eigenvalue weighted by atomic mass is 19.4. The van der Waals surface area contributed by atoms with Crippen molar-refractivity contribution in [2.24, 2.45) is 0 Å². The minimum absolute atomic E-state index is 0.269. The number of nitrogens with zero attached hydrogens (tertiary/aromatic N) is 1. The predicted octanol–water partition coefficient (Wildman–Crippen LogP) is 4.45. The standard InChI is InChI=1S/C15H9F6NO3/c1-24-13(23)12-10(14(16,17)18)6-8(7-22-12)9-4-2-3-5-11(9)25-15(19,20)21/h2-7H,1H3. The number of hydrogen-bond donors (Lipinski definition) is 0. The molecule has 25 heavy (non-hydrogen) atoms. The number of carbonyl (C=O) groups is 1. The SMILES string of the molecule is COC(=O)c1ncc(-c2ccccc2OC(F)(F)F)cc1C(F)(F)F. The van der Waals surface area contributed by atoms with E-state index >= 15 is 0 Å². The molecule has 4 nitrogen and oxygen atoms in total. The van der Waals surface area contributed by atoms with Crippen LogP contribution in [0.3, 0.4) is 0 Å². The Hall–Kier alpha value is -2.78. The zero-order valence-electron chi connectivity index (χ0n) is 12.4. The molecule has 0 saturated carbocycles. The Morgan fingerprint density at radius 3 is 2.28 bits per heavy atom. The smallest absolute Gasteiger partial charge is 0.464 e. The lowest BCUT2D eigenvalue weighted by molar-refractivity contribution is -0.274. The number of halogens is 6. The normalized spacial score (nSPS) is 12.0. The summed E-state index contributed by atoms with van der Waals surface area (Å²) in [6.45, 7) is 0. The lowest BCUT2D eigenvalue weighted by Gasteiger charge is -2.15. The quantitative estimate of drug-likeness (QED) is 0.596. The van der Waals surface area contributed by atoms with Gasteiger partial charge in [0.25, 0.3) is 0 Å². The monoisotopic (exact) mass is 365 g/mol. The zero-order chi connectivity index (χ0) is 18.8. The van der Waals surface area contributed by atoms with Crippen molar-refractivity contribution in [2.45, 2.75) is 12.5 Å². The highest BCUT2D eigenvalue weighted by Crippen LogP contribution is 2.38. The van der Waals surface area contributed by atoms with Crippen LogP contribution in [0.2, 0.25) is 0 Å². The van der Waals surface area contributed by atoms with Crippen molar-refractivity contribution in [1.82, 2.24) is 4.98 Å². The van der Waals surface area contributed by atoms with Gasteiger partial charge >= 0.3 is 18.5 Å². The number of aromatic nitrogens is 1. The van der Waals surface area contributed by atoms with Gasteiger partial charge < -0.3 is 9.47 Å². The molecule has 0 amide bonds. The van der Waals surface area contributed by atoms with E-state index in [4.69, 9.17) is 0 Å². The van der Waals surface area contributed by atoms with E-state index in [1.54, 1.807) is 0 Å². The number of hydrogen-bond acceptors (Lipinski definition) is 4. The van der Waals surface area contributed by atoms with Gasteiger partial charge in [0, 0.05) is 17.3 Å². The van der Waals surface area contributed by atoms with E-state index < -0.39 is 35.5 Å². The summed E-state index contributed by atoms with van der Waals surface area (Å²) in [6, 6.07) is 5.14. The van der Waals surface area contributed by atoms with Crippen LogP contribution in [0.4, 0.5) is 26.3 Å². The van der Waals surface area contributed by atoms with Gasteiger partial charge in [-0.05, 0) is 12.1 Å². The first-order valence-corrected chi connectivity index (χ1v) is 6.53. The van der Waals surface area contributed by atoms with Crippen LogP contribution in [-0.2, 0) is 10.9 Å². The number of para-hydroxylation sites is 1. The van der Waals surface area contributed by atoms with Gasteiger partial charge in [-0.15, -0.1) is 13.2 Å². The van der Waals surface area contributed by atoms with Gasteiger partial charge in [-0.2, -0.15) is 13.2 Å². The van der Waals surface area contributed by atoms with Crippen molar-refractivity contribution < 1.29 is 40.6 Å². The molecule has 0 radical (unpaired) electrons. The van der Waals surface area contributed by atoms with Gasteiger partial charge in [0.15, 0.2) is 5.69 Å². The van der Waals surface area contributed by atoms with E-state index in [0.29, 0.717) is 6.07 Å². The summed E-state index contributed by atoms with van der Waals surface area (Å²) >= 11 is 0. The Bertz CT molecular complexity index is 786. The van der Waals surface area contributed by atoms with Crippen LogP contribution in [0.5, 0.6) is 5.75 Å². The van der Waals surface area contributed by atoms with Crippen molar-refractivity contribution in [3.8, 4) is 16.9 Å². The molecule has 0 unspecified atom stereocenters. The van der Waals surface area contributed by atoms with Crippen molar-refractivity contribution in [2.75, 3.05) is 7.11 Å².